The first-order chi connectivity index (χ1) is 9.66. The van der Waals surface area contributed by atoms with E-state index in [0.717, 1.165) is 44.3 Å². The molecule has 0 saturated carbocycles. The van der Waals surface area contributed by atoms with Gasteiger partial charge in [0.05, 0.1) is 6.54 Å². The second-order valence-electron chi connectivity index (χ2n) is 5.90. The Labute approximate surface area is 120 Å². The first-order valence-electron chi connectivity index (χ1n) is 7.45. The van der Waals surface area contributed by atoms with Gasteiger partial charge in [0.15, 0.2) is 0 Å². The predicted molar refractivity (Wildman–Crippen MR) is 77.6 cm³/mol. The molecule has 1 fully saturated rings. The van der Waals surface area contributed by atoms with Crippen molar-refractivity contribution in [3.63, 3.8) is 0 Å². The van der Waals surface area contributed by atoms with Gasteiger partial charge in [-0.15, -0.1) is 0 Å². The zero-order valence-electron chi connectivity index (χ0n) is 12.0. The number of benzene rings is 1. The number of amides is 1. The minimum atomic E-state index is 0.235. The van der Waals surface area contributed by atoms with E-state index in [2.05, 4.69) is 11.0 Å². The van der Waals surface area contributed by atoms with E-state index in [1.165, 1.54) is 5.56 Å². The van der Waals surface area contributed by atoms with Gasteiger partial charge in [-0.25, -0.2) is 0 Å². The number of fused-ring (bicyclic) bond motifs is 1. The maximum atomic E-state index is 12.2. The number of hydrogen-bond acceptors (Lipinski definition) is 3. The highest BCUT2D eigenvalue weighted by Gasteiger charge is 2.29. The molecular weight excluding hydrogens is 252 g/mol. The van der Waals surface area contributed by atoms with E-state index in [-0.39, 0.29) is 11.9 Å². The average Bonchev–Trinajstić information content (AvgIpc) is 3.08. The third-order valence-corrected chi connectivity index (χ3v) is 4.59. The van der Waals surface area contributed by atoms with Crippen LogP contribution in [-0.2, 0) is 11.2 Å². The number of likely N-dealkylation sites (tertiary alicyclic amines) is 1. The molecule has 1 aromatic rings. The third-order valence-electron chi connectivity index (χ3n) is 4.59. The Morgan fingerprint density at radius 1 is 1.40 bits per heavy atom. The summed E-state index contributed by atoms with van der Waals surface area (Å²) in [6.07, 6.45) is 4.15. The van der Waals surface area contributed by atoms with E-state index in [4.69, 9.17) is 0 Å². The van der Waals surface area contributed by atoms with E-state index < -0.39 is 0 Å². The van der Waals surface area contributed by atoms with Crippen LogP contribution >= 0.6 is 0 Å². The van der Waals surface area contributed by atoms with Gasteiger partial charge in [-0.1, -0.05) is 12.1 Å². The maximum absolute atomic E-state index is 12.2. The summed E-state index contributed by atoms with van der Waals surface area (Å²) in [4.78, 5) is 16.3. The molecule has 20 heavy (non-hydrogen) atoms. The zero-order chi connectivity index (χ0) is 14.1. The lowest BCUT2D eigenvalue weighted by molar-refractivity contribution is -0.131. The molecule has 1 aromatic carbocycles. The SMILES string of the molecule is CN(CC(=O)N1CCCC1)C1CCc2c(O)cccc21. The molecule has 3 rings (SSSR count). The Morgan fingerprint density at radius 2 is 2.15 bits per heavy atom. The number of aromatic hydroxyl groups is 1. The highest BCUT2D eigenvalue weighted by Crippen LogP contribution is 2.39. The highest BCUT2D eigenvalue weighted by atomic mass is 16.3. The van der Waals surface area contributed by atoms with E-state index in [0.29, 0.717) is 12.3 Å². The summed E-state index contributed by atoms with van der Waals surface area (Å²) in [6.45, 7) is 2.29. The van der Waals surface area contributed by atoms with Crippen molar-refractivity contribution in [3.8, 4) is 5.75 Å². The van der Waals surface area contributed by atoms with Crippen molar-refractivity contribution in [1.29, 1.82) is 0 Å². The van der Waals surface area contributed by atoms with Crippen LogP contribution < -0.4 is 0 Å². The maximum Gasteiger partial charge on any atom is 0.236 e. The second-order valence-corrected chi connectivity index (χ2v) is 5.90. The summed E-state index contributed by atoms with van der Waals surface area (Å²) < 4.78 is 0. The molecule has 1 saturated heterocycles. The average molecular weight is 274 g/mol. The van der Waals surface area contributed by atoms with Crippen molar-refractivity contribution in [2.75, 3.05) is 26.7 Å². The van der Waals surface area contributed by atoms with Gasteiger partial charge in [-0.05, 0) is 49.9 Å². The quantitative estimate of drug-likeness (QED) is 0.916. The highest BCUT2D eigenvalue weighted by molar-refractivity contribution is 5.78. The van der Waals surface area contributed by atoms with Crippen molar-refractivity contribution in [1.82, 2.24) is 9.80 Å². The van der Waals surface area contributed by atoms with E-state index in [1.807, 2.05) is 18.0 Å². The van der Waals surface area contributed by atoms with Gasteiger partial charge in [-0.3, -0.25) is 9.69 Å². The summed E-state index contributed by atoms with van der Waals surface area (Å²) in [5, 5.41) is 9.89. The lowest BCUT2D eigenvalue weighted by Crippen LogP contribution is -2.38. The van der Waals surface area contributed by atoms with Gasteiger partial charge >= 0.3 is 0 Å². The third kappa shape index (κ3) is 2.40. The summed E-state index contributed by atoms with van der Waals surface area (Å²) in [7, 11) is 2.01. The Bertz CT molecular complexity index is 509. The molecule has 108 valence electrons. The molecule has 0 radical (unpaired) electrons. The normalized spacial score (nSPS) is 21.5. The molecular formula is C16H22N2O2. The van der Waals surface area contributed by atoms with Gasteiger partial charge in [0.25, 0.3) is 0 Å². The number of carbonyl (C=O) groups is 1. The molecule has 1 heterocycles. The number of carbonyl (C=O) groups excluding carboxylic acids is 1. The zero-order valence-corrected chi connectivity index (χ0v) is 12.0. The first-order valence-corrected chi connectivity index (χ1v) is 7.45. The van der Waals surface area contributed by atoms with Gasteiger partial charge < -0.3 is 10.0 Å². The molecule has 4 heteroatoms. The Morgan fingerprint density at radius 3 is 2.90 bits per heavy atom. The van der Waals surface area contributed by atoms with Crippen molar-refractivity contribution < 1.29 is 9.90 Å². The summed E-state index contributed by atoms with van der Waals surface area (Å²) >= 11 is 0. The van der Waals surface area contributed by atoms with Crippen molar-refractivity contribution in [2.45, 2.75) is 31.7 Å². The topological polar surface area (TPSA) is 43.8 Å². The fraction of sp³-hybridized carbons (Fsp3) is 0.562. The largest absolute Gasteiger partial charge is 0.508 e. The van der Waals surface area contributed by atoms with Crippen molar-refractivity contribution in [3.05, 3.63) is 29.3 Å². The minimum absolute atomic E-state index is 0.235. The van der Waals surface area contributed by atoms with Crippen LogP contribution in [0.4, 0.5) is 0 Å². The molecule has 0 aromatic heterocycles. The van der Waals surface area contributed by atoms with Gasteiger partial charge in [0, 0.05) is 19.1 Å². The Balaban J connectivity index is 1.69. The summed E-state index contributed by atoms with van der Waals surface area (Å²) in [6, 6.07) is 5.96. The van der Waals surface area contributed by atoms with E-state index >= 15 is 0 Å². The van der Waals surface area contributed by atoms with Crippen molar-refractivity contribution in [2.24, 2.45) is 0 Å². The fourth-order valence-corrected chi connectivity index (χ4v) is 3.46. The molecule has 0 spiro atoms. The van der Waals surface area contributed by atoms with Crippen LogP contribution in [0.3, 0.4) is 0 Å². The van der Waals surface area contributed by atoms with Gasteiger partial charge in [-0.2, -0.15) is 0 Å². The Kier molecular flexibility index (Phi) is 3.66. The molecule has 1 amide bonds. The van der Waals surface area contributed by atoms with Crippen LogP contribution in [0.15, 0.2) is 18.2 Å². The van der Waals surface area contributed by atoms with Crippen LogP contribution in [0.1, 0.15) is 36.4 Å². The minimum Gasteiger partial charge on any atom is -0.508 e. The van der Waals surface area contributed by atoms with E-state index in [9.17, 15) is 9.90 Å². The second kappa shape index (κ2) is 5.44. The summed E-state index contributed by atoms with van der Waals surface area (Å²) in [5.41, 5.74) is 2.24. The van der Waals surface area contributed by atoms with Gasteiger partial charge in [0.2, 0.25) is 5.91 Å². The molecule has 2 aliphatic rings. The molecule has 0 bridgehead atoms. The number of likely N-dealkylation sites (N-methyl/N-ethyl adjacent to an activating group) is 1. The summed E-state index contributed by atoms with van der Waals surface area (Å²) in [5.74, 6) is 0.628. The molecule has 1 unspecified atom stereocenters. The van der Waals surface area contributed by atoms with Crippen LogP contribution in [-0.4, -0.2) is 47.5 Å². The van der Waals surface area contributed by atoms with Crippen LogP contribution in [0.5, 0.6) is 5.75 Å². The van der Waals surface area contributed by atoms with E-state index in [1.54, 1.807) is 6.07 Å². The van der Waals surface area contributed by atoms with Crippen LogP contribution in [0.25, 0.3) is 0 Å². The molecule has 1 atom stereocenters. The molecule has 1 N–H and O–H groups in total. The predicted octanol–water partition coefficient (Wildman–Crippen LogP) is 1.93. The van der Waals surface area contributed by atoms with Crippen LogP contribution in [0.2, 0.25) is 0 Å². The number of rotatable bonds is 3. The lowest BCUT2D eigenvalue weighted by Gasteiger charge is -2.27. The standard InChI is InChI=1S/C16H22N2O2/c1-17(11-16(20)18-9-2-3-10-18)14-8-7-13-12(14)5-4-6-15(13)19/h4-6,14,19H,2-3,7-11H2,1H3. The number of phenolic OH excluding ortho intramolecular Hbond substituents is 1. The Hall–Kier alpha value is -1.55. The molecule has 4 nitrogen and oxygen atoms in total. The molecule has 1 aliphatic heterocycles. The van der Waals surface area contributed by atoms with Gasteiger partial charge in [0.1, 0.15) is 5.75 Å². The van der Waals surface area contributed by atoms with Crippen molar-refractivity contribution >= 4 is 5.91 Å². The lowest BCUT2D eigenvalue weighted by atomic mass is 10.1. The number of phenols is 1. The number of nitrogens with zero attached hydrogens (tertiary/aromatic N) is 2. The van der Waals surface area contributed by atoms with Crippen LogP contribution in [0, 0.1) is 0 Å². The monoisotopic (exact) mass is 274 g/mol. The smallest absolute Gasteiger partial charge is 0.236 e. The number of hydrogen-bond donors (Lipinski definition) is 1. The first kappa shape index (κ1) is 13.4. The fourth-order valence-electron chi connectivity index (χ4n) is 3.46. The molecule has 1 aliphatic carbocycles.